The fourth-order valence-electron chi connectivity index (χ4n) is 3.09. The Kier molecular flexibility index (Phi) is 6.71. The zero-order valence-electron chi connectivity index (χ0n) is 17.3. The van der Waals surface area contributed by atoms with Crippen LogP contribution in [0.2, 0.25) is 0 Å². The first-order chi connectivity index (χ1) is 14.6. The van der Waals surface area contributed by atoms with Gasteiger partial charge in [-0.3, -0.25) is 4.79 Å². The number of aromatic nitrogens is 2. The third-order valence-electron chi connectivity index (χ3n) is 4.54. The lowest BCUT2D eigenvalue weighted by atomic mass is 10.2. The standard InChI is InChI=1S/C23H24N4O3/c1-4-30-19-9-7-18(8-10-19)26(14-5-13-24)23(28)20-12-15-27(25-20)21-16-17(2)6-11-22(21)29-3/h6-12,15-16H,4-5,14H2,1-3H3. The number of methoxy groups -OCH3 is 1. The lowest BCUT2D eigenvalue weighted by Crippen LogP contribution is -2.32. The Labute approximate surface area is 176 Å². The zero-order chi connectivity index (χ0) is 21.5. The minimum absolute atomic E-state index is 0.214. The van der Waals surface area contributed by atoms with Gasteiger partial charge in [0.1, 0.15) is 17.2 Å². The summed E-state index contributed by atoms with van der Waals surface area (Å²) in [6.07, 6.45) is 1.94. The molecule has 0 unspecified atom stereocenters. The minimum atomic E-state index is -0.278. The maximum Gasteiger partial charge on any atom is 0.278 e. The van der Waals surface area contributed by atoms with Gasteiger partial charge in [0.05, 0.1) is 26.2 Å². The summed E-state index contributed by atoms with van der Waals surface area (Å²) in [7, 11) is 1.60. The van der Waals surface area contributed by atoms with Gasteiger partial charge in [0.25, 0.3) is 5.91 Å². The number of nitrogens with zero attached hydrogens (tertiary/aromatic N) is 4. The van der Waals surface area contributed by atoms with Crippen molar-refractivity contribution >= 4 is 11.6 Å². The highest BCUT2D eigenvalue weighted by molar-refractivity contribution is 6.04. The summed E-state index contributed by atoms with van der Waals surface area (Å²) in [4.78, 5) is 14.8. The smallest absolute Gasteiger partial charge is 0.278 e. The number of benzene rings is 2. The third-order valence-corrected chi connectivity index (χ3v) is 4.54. The maximum atomic E-state index is 13.2. The molecule has 3 rings (SSSR count). The fraction of sp³-hybridized carbons (Fsp3) is 0.261. The van der Waals surface area contributed by atoms with E-state index in [1.807, 2.05) is 44.2 Å². The summed E-state index contributed by atoms with van der Waals surface area (Å²) in [5, 5.41) is 13.5. The molecule has 0 bridgehead atoms. The molecule has 1 aromatic heterocycles. The molecule has 7 heteroatoms. The molecule has 0 aliphatic heterocycles. The highest BCUT2D eigenvalue weighted by Gasteiger charge is 2.21. The van der Waals surface area contributed by atoms with Gasteiger partial charge in [0, 0.05) is 18.4 Å². The van der Waals surface area contributed by atoms with Gasteiger partial charge in [-0.2, -0.15) is 10.4 Å². The van der Waals surface area contributed by atoms with Crippen molar-refractivity contribution in [2.24, 2.45) is 0 Å². The van der Waals surface area contributed by atoms with Gasteiger partial charge < -0.3 is 14.4 Å². The molecule has 0 radical (unpaired) electrons. The molecule has 0 fully saturated rings. The first kappa shape index (κ1) is 20.9. The number of ether oxygens (including phenoxy) is 2. The number of aryl methyl sites for hydroxylation is 1. The van der Waals surface area contributed by atoms with Crippen LogP contribution in [0.4, 0.5) is 5.69 Å². The van der Waals surface area contributed by atoms with Crippen molar-refractivity contribution < 1.29 is 14.3 Å². The molecule has 3 aromatic rings. The van der Waals surface area contributed by atoms with Crippen LogP contribution in [-0.2, 0) is 0 Å². The summed E-state index contributed by atoms with van der Waals surface area (Å²) in [6.45, 7) is 4.73. The SMILES string of the molecule is CCOc1ccc(N(CCC#N)C(=O)c2ccn(-c3cc(C)ccc3OC)n2)cc1. The van der Waals surface area contributed by atoms with E-state index >= 15 is 0 Å². The van der Waals surface area contributed by atoms with Crippen LogP contribution in [0.25, 0.3) is 5.69 Å². The van der Waals surface area contributed by atoms with E-state index < -0.39 is 0 Å². The highest BCUT2D eigenvalue weighted by atomic mass is 16.5. The van der Waals surface area contributed by atoms with Gasteiger partial charge in [-0.1, -0.05) is 6.07 Å². The number of rotatable bonds is 8. The quantitative estimate of drug-likeness (QED) is 0.563. The van der Waals surface area contributed by atoms with Crippen molar-refractivity contribution in [3.63, 3.8) is 0 Å². The van der Waals surface area contributed by atoms with Gasteiger partial charge >= 0.3 is 0 Å². The molecular weight excluding hydrogens is 380 g/mol. The molecule has 0 atom stereocenters. The number of carbonyl (C=O) groups is 1. The molecule has 1 heterocycles. The Hall–Kier alpha value is -3.79. The predicted molar refractivity (Wildman–Crippen MR) is 114 cm³/mol. The van der Waals surface area contributed by atoms with Crippen molar-refractivity contribution in [2.75, 3.05) is 25.2 Å². The Morgan fingerprint density at radius 3 is 2.63 bits per heavy atom. The molecule has 0 aliphatic rings. The van der Waals surface area contributed by atoms with Gasteiger partial charge in [-0.15, -0.1) is 0 Å². The Bertz CT molecular complexity index is 1050. The van der Waals surface area contributed by atoms with Crippen molar-refractivity contribution in [3.05, 3.63) is 66.0 Å². The summed E-state index contributed by atoms with van der Waals surface area (Å²) >= 11 is 0. The van der Waals surface area contributed by atoms with E-state index in [9.17, 15) is 4.79 Å². The van der Waals surface area contributed by atoms with Crippen molar-refractivity contribution in [2.45, 2.75) is 20.3 Å². The van der Waals surface area contributed by atoms with Crippen LogP contribution in [0.3, 0.4) is 0 Å². The van der Waals surface area contributed by atoms with E-state index in [-0.39, 0.29) is 24.6 Å². The van der Waals surface area contributed by atoms with E-state index in [2.05, 4.69) is 11.2 Å². The molecule has 0 aliphatic carbocycles. The Morgan fingerprint density at radius 1 is 1.20 bits per heavy atom. The number of hydrogen-bond donors (Lipinski definition) is 0. The normalized spacial score (nSPS) is 10.3. The lowest BCUT2D eigenvalue weighted by molar-refractivity contribution is 0.0982. The number of amides is 1. The van der Waals surface area contributed by atoms with E-state index in [0.717, 1.165) is 17.0 Å². The van der Waals surface area contributed by atoms with E-state index in [0.29, 0.717) is 18.0 Å². The van der Waals surface area contributed by atoms with Gasteiger partial charge in [0.2, 0.25) is 0 Å². The van der Waals surface area contributed by atoms with Crippen LogP contribution in [0, 0.1) is 18.3 Å². The second-order valence-electron chi connectivity index (χ2n) is 6.61. The largest absolute Gasteiger partial charge is 0.494 e. The number of carbonyl (C=O) groups excluding carboxylic acids is 1. The molecule has 1 amide bonds. The fourth-order valence-corrected chi connectivity index (χ4v) is 3.09. The zero-order valence-corrected chi connectivity index (χ0v) is 17.3. The summed E-state index contributed by atoms with van der Waals surface area (Å²) in [6, 6.07) is 16.8. The molecule has 0 saturated heterocycles. The molecule has 7 nitrogen and oxygen atoms in total. The van der Waals surface area contributed by atoms with Crippen LogP contribution in [0.15, 0.2) is 54.7 Å². The predicted octanol–water partition coefficient (Wildman–Crippen LogP) is 4.15. The van der Waals surface area contributed by atoms with Gasteiger partial charge in [-0.25, -0.2) is 4.68 Å². The summed E-state index contributed by atoms with van der Waals surface area (Å²) < 4.78 is 12.5. The molecule has 30 heavy (non-hydrogen) atoms. The summed E-state index contributed by atoms with van der Waals surface area (Å²) in [5.41, 5.74) is 2.77. The Balaban J connectivity index is 1.91. The number of anilines is 1. The first-order valence-electron chi connectivity index (χ1n) is 9.69. The van der Waals surface area contributed by atoms with Crippen molar-refractivity contribution in [1.82, 2.24) is 9.78 Å². The second-order valence-corrected chi connectivity index (χ2v) is 6.61. The second kappa shape index (κ2) is 9.61. The Morgan fingerprint density at radius 2 is 1.97 bits per heavy atom. The molecule has 2 aromatic carbocycles. The van der Waals surface area contributed by atoms with E-state index in [1.54, 1.807) is 41.1 Å². The summed E-state index contributed by atoms with van der Waals surface area (Å²) in [5.74, 6) is 1.11. The van der Waals surface area contributed by atoms with Crippen molar-refractivity contribution in [3.8, 4) is 23.3 Å². The molecule has 0 N–H and O–H groups in total. The number of hydrogen-bond acceptors (Lipinski definition) is 5. The highest BCUT2D eigenvalue weighted by Crippen LogP contribution is 2.25. The van der Waals surface area contributed by atoms with Gasteiger partial charge in [-0.05, 0) is 61.9 Å². The molecular formula is C23H24N4O3. The average Bonchev–Trinajstić information content (AvgIpc) is 3.25. The van der Waals surface area contributed by atoms with E-state index in [4.69, 9.17) is 14.7 Å². The molecule has 0 saturated carbocycles. The maximum absolute atomic E-state index is 13.2. The lowest BCUT2D eigenvalue weighted by Gasteiger charge is -2.21. The van der Waals surface area contributed by atoms with Crippen LogP contribution in [0.5, 0.6) is 11.5 Å². The van der Waals surface area contributed by atoms with Crippen LogP contribution >= 0.6 is 0 Å². The van der Waals surface area contributed by atoms with Gasteiger partial charge in [0.15, 0.2) is 5.69 Å². The average molecular weight is 404 g/mol. The molecule has 154 valence electrons. The van der Waals surface area contributed by atoms with Crippen LogP contribution < -0.4 is 14.4 Å². The van der Waals surface area contributed by atoms with Crippen molar-refractivity contribution in [1.29, 1.82) is 5.26 Å². The number of nitriles is 1. The monoisotopic (exact) mass is 404 g/mol. The first-order valence-corrected chi connectivity index (χ1v) is 9.69. The van der Waals surface area contributed by atoms with Crippen LogP contribution in [-0.4, -0.2) is 35.9 Å². The minimum Gasteiger partial charge on any atom is -0.494 e. The topological polar surface area (TPSA) is 80.4 Å². The molecule has 0 spiro atoms. The van der Waals surface area contributed by atoms with Crippen LogP contribution in [0.1, 0.15) is 29.4 Å². The van der Waals surface area contributed by atoms with E-state index in [1.165, 1.54) is 0 Å². The third kappa shape index (κ3) is 4.61.